The Hall–Kier alpha value is -2.37. The molecule has 0 aliphatic rings. The van der Waals surface area contributed by atoms with Crippen LogP contribution in [0.5, 0.6) is 0 Å². The van der Waals surface area contributed by atoms with Crippen molar-refractivity contribution in [2.75, 3.05) is 6.61 Å². The van der Waals surface area contributed by atoms with Gasteiger partial charge in [-0.15, -0.1) is 0 Å². The van der Waals surface area contributed by atoms with Crippen LogP contribution < -0.4 is 0 Å². The second-order valence-corrected chi connectivity index (χ2v) is 10.2. The summed E-state index contributed by atoms with van der Waals surface area (Å²) in [7, 11) is 0. The van der Waals surface area contributed by atoms with Crippen molar-refractivity contribution in [2.24, 2.45) is 5.11 Å². The molecule has 0 aliphatic heterocycles. The third kappa shape index (κ3) is 14.0. The lowest BCUT2D eigenvalue weighted by Gasteiger charge is -2.31. The molecule has 210 valence electrons. The lowest BCUT2D eigenvalue weighted by atomic mass is 9.99. The molecule has 2 aromatic rings. The maximum absolute atomic E-state index is 10.0. The summed E-state index contributed by atoms with van der Waals surface area (Å²) in [6.45, 7) is 2.80. The van der Waals surface area contributed by atoms with Gasteiger partial charge in [-0.25, -0.2) is 0 Å². The first-order valence-corrected chi connectivity index (χ1v) is 14.7. The molecule has 0 fully saturated rings. The number of hydrogen-bond donors (Lipinski definition) is 1. The zero-order valence-corrected chi connectivity index (χ0v) is 23.4. The molecule has 0 saturated carbocycles. The molecular weight excluding hydrogens is 474 g/mol. The summed E-state index contributed by atoms with van der Waals surface area (Å²) in [6, 6.07) is 19.3. The Morgan fingerprint density at radius 1 is 0.711 bits per heavy atom. The van der Waals surface area contributed by atoms with E-state index in [2.05, 4.69) is 16.9 Å². The summed E-state index contributed by atoms with van der Waals surface area (Å²) in [5.41, 5.74) is 11.2. The van der Waals surface area contributed by atoms with Crippen LogP contribution in [-0.2, 0) is 22.7 Å². The minimum atomic E-state index is -0.707. The van der Waals surface area contributed by atoms with Crippen LogP contribution in [0.2, 0.25) is 0 Å². The summed E-state index contributed by atoms with van der Waals surface area (Å²) < 4.78 is 12.7. The summed E-state index contributed by atoms with van der Waals surface area (Å²) in [5.74, 6) is 0. The second kappa shape index (κ2) is 21.6. The van der Waals surface area contributed by atoms with Gasteiger partial charge in [0.1, 0.15) is 0 Å². The van der Waals surface area contributed by atoms with E-state index in [0.717, 1.165) is 30.4 Å². The molecule has 0 spiro atoms. The Balaban J connectivity index is 1.89. The lowest BCUT2D eigenvalue weighted by Crippen LogP contribution is -2.42. The number of unbranched alkanes of at least 4 members (excludes halogenated alkanes) is 11. The van der Waals surface area contributed by atoms with E-state index in [0.29, 0.717) is 13.2 Å². The van der Waals surface area contributed by atoms with Crippen molar-refractivity contribution in [2.45, 2.75) is 122 Å². The molecule has 38 heavy (non-hydrogen) atoms. The molecular formula is C32H49N3O3. The molecule has 0 radical (unpaired) electrons. The van der Waals surface area contributed by atoms with Crippen LogP contribution in [0.1, 0.15) is 102 Å². The Kier molecular flexibility index (Phi) is 18.1. The number of nitrogens with zero attached hydrogens (tertiary/aromatic N) is 3. The fourth-order valence-corrected chi connectivity index (χ4v) is 4.81. The van der Waals surface area contributed by atoms with Crippen molar-refractivity contribution in [3.8, 4) is 0 Å². The van der Waals surface area contributed by atoms with Crippen molar-refractivity contribution >= 4 is 0 Å². The van der Waals surface area contributed by atoms with Crippen molar-refractivity contribution < 1.29 is 14.6 Å². The Labute approximate surface area is 230 Å². The quantitative estimate of drug-likeness (QED) is 0.0682. The van der Waals surface area contributed by atoms with E-state index in [1.54, 1.807) is 0 Å². The van der Waals surface area contributed by atoms with Crippen LogP contribution in [0.25, 0.3) is 10.4 Å². The largest absolute Gasteiger partial charge is 0.396 e. The smallest absolute Gasteiger partial charge is 0.0948 e. The first kappa shape index (κ1) is 31.8. The van der Waals surface area contributed by atoms with Crippen LogP contribution in [-0.4, -0.2) is 30.0 Å². The number of rotatable bonds is 23. The van der Waals surface area contributed by atoms with Gasteiger partial charge < -0.3 is 14.6 Å². The molecule has 6 nitrogen and oxygen atoms in total. The summed E-state index contributed by atoms with van der Waals surface area (Å²) >= 11 is 0. The molecule has 0 aromatic heterocycles. The SMILES string of the molecule is CCCCCCCCCCCCCC[C@H](OCc1ccccc1)[C@@H](OCc1ccccc1)[C@H](CO)N=[N+]=[N-]. The van der Waals surface area contributed by atoms with Crippen molar-refractivity contribution in [1.29, 1.82) is 0 Å². The summed E-state index contributed by atoms with van der Waals surface area (Å²) in [6.07, 6.45) is 15.5. The van der Waals surface area contributed by atoms with E-state index >= 15 is 0 Å². The van der Waals surface area contributed by atoms with Gasteiger partial charge in [0, 0.05) is 4.91 Å². The molecule has 2 aromatic carbocycles. The predicted octanol–water partition coefficient (Wildman–Crippen LogP) is 8.92. The standard InChI is InChI=1S/C32H49N3O3/c1-2-3-4-5-6-7-8-9-10-11-12-19-24-31(37-26-28-20-15-13-16-21-28)32(30(25-36)34-35-33)38-27-29-22-17-14-18-23-29/h13-18,20-23,30-32,36H,2-12,19,24-27H2,1H3/t30-,31-,32-/m0/s1. The molecule has 0 aliphatic carbocycles. The third-order valence-corrected chi connectivity index (χ3v) is 7.07. The maximum atomic E-state index is 10.0. The highest BCUT2D eigenvalue weighted by atomic mass is 16.5. The first-order valence-electron chi connectivity index (χ1n) is 14.7. The van der Waals surface area contributed by atoms with Gasteiger partial charge in [-0.2, -0.15) is 0 Å². The average molecular weight is 524 g/mol. The number of benzene rings is 2. The van der Waals surface area contributed by atoms with Crippen LogP contribution in [0, 0.1) is 0 Å². The summed E-state index contributed by atoms with van der Waals surface area (Å²) in [4.78, 5) is 2.98. The number of ether oxygens (including phenoxy) is 2. The molecule has 0 amide bonds. The predicted molar refractivity (Wildman–Crippen MR) is 156 cm³/mol. The van der Waals surface area contributed by atoms with Gasteiger partial charge in [-0.05, 0) is 23.1 Å². The molecule has 0 unspecified atom stereocenters. The van der Waals surface area contributed by atoms with Gasteiger partial charge >= 0.3 is 0 Å². The number of azide groups is 1. The highest BCUT2D eigenvalue weighted by molar-refractivity contribution is 5.14. The van der Waals surface area contributed by atoms with Crippen LogP contribution in [0.4, 0.5) is 0 Å². The first-order chi connectivity index (χ1) is 18.8. The lowest BCUT2D eigenvalue weighted by molar-refractivity contribution is -0.104. The molecule has 3 atom stereocenters. The number of aliphatic hydroxyl groups excluding tert-OH is 1. The number of aliphatic hydroxyl groups is 1. The topological polar surface area (TPSA) is 87.5 Å². The Morgan fingerprint density at radius 3 is 1.66 bits per heavy atom. The third-order valence-electron chi connectivity index (χ3n) is 7.07. The monoisotopic (exact) mass is 523 g/mol. The minimum absolute atomic E-state index is 0.285. The van der Waals surface area contributed by atoms with Gasteiger partial charge in [-0.1, -0.05) is 150 Å². The van der Waals surface area contributed by atoms with E-state index in [1.165, 1.54) is 64.2 Å². The van der Waals surface area contributed by atoms with Crippen molar-refractivity contribution in [3.05, 3.63) is 82.2 Å². The van der Waals surface area contributed by atoms with E-state index in [4.69, 9.17) is 15.0 Å². The highest BCUT2D eigenvalue weighted by Crippen LogP contribution is 2.22. The maximum Gasteiger partial charge on any atom is 0.0948 e. The van der Waals surface area contributed by atoms with E-state index in [9.17, 15) is 5.11 Å². The van der Waals surface area contributed by atoms with E-state index in [-0.39, 0.29) is 12.7 Å². The average Bonchev–Trinajstić information content (AvgIpc) is 2.96. The van der Waals surface area contributed by atoms with Gasteiger partial charge in [-0.3, -0.25) is 0 Å². The van der Waals surface area contributed by atoms with Crippen molar-refractivity contribution in [3.63, 3.8) is 0 Å². The van der Waals surface area contributed by atoms with E-state index < -0.39 is 12.1 Å². The second-order valence-electron chi connectivity index (χ2n) is 10.2. The normalized spacial score (nSPS) is 13.5. The van der Waals surface area contributed by atoms with Gasteiger partial charge in [0.25, 0.3) is 0 Å². The van der Waals surface area contributed by atoms with Gasteiger partial charge in [0.15, 0.2) is 0 Å². The van der Waals surface area contributed by atoms with Gasteiger partial charge in [0.05, 0.1) is 38.1 Å². The molecule has 6 heteroatoms. The zero-order valence-electron chi connectivity index (χ0n) is 23.4. The van der Waals surface area contributed by atoms with Crippen LogP contribution in [0.3, 0.4) is 0 Å². The Morgan fingerprint density at radius 2 is 1.18 bits per heavy atom. The Bertz CT molecular complexity index is 859. The molecule has 2 rings (SSSR count). The van der Waals surface area contributed by atoms with E-state index in [1.807, 2.05) is 60.7 Å². The summed E-state index contributed by atoms with van der Waals surface area (Å²) in [5, 5.41) is 13.9. The highest BCUT2D eigenvalue weighted by Gasteiger charge is 2.30. The number of hydrogen-bond acceptors (Lipinski definition) is 4. The molecule has 1 N–H and O–H groups in total. The minimum Gasteiger partial charge on any atom is -0.396 e. The molecule has 0 saturated heterocycles. The van der Waals surface area contributed by atoms with Crippen molar-refractivity contribution in [1.82, 2.24) is 0 Å². The zero-order chi connectivity index (χ0) is 27.1. The van der Waals surface area contributed by atoms with Crippen LogP contribution >= 0.6 is 0 Å². The molecule has 0 heterocycles. The van der Waals surface area contributed by atoms with Gasteiger partial charge in [0.2, 0.25) is 0 Å². The molecule has 0 bridgehead atoms. The fourth-order valence-electron chi connectivity index (χ4n) is 4.81. The fraction of sp³-hybridized carbons (Fsp3) is 0.625. The van der Waals surface area contributed by atoms with Crippen LogP contribution in [0.15, 0.2) is 65.8 Å².